The van der Waals surface area contributed by atoms with Crippen LogP contribution in [0.5, 0.6) is 0 Å². The second kappa shape index (κ2) is 6.50. The van der Waals surface area contributed by atoms with E-state index in [1.807, 2.05) is 12.1 Å². The molecule has 0 saturated carbocycles. The van der Waals surface area contributed by atoms with Crippen LogP contribution in [0.4, 0.5) is 0 Å². The second-order valence-corrected chi connectivity index (χ2v) is 6.86. The lowest BCUT2D eigenvalue weighted by molar-refractivity contribution is -0.160. The molecule has 23 heavy (non-hydrogen) atoms. The van der Waals surface area contributed by atoms with Gasteiger partial charge in [-0.25, -0.2) is 0 Å². The van der Waals surface area contributed by atoms with Gasteiger partial charge in [0, 0.05) is 11.4 Å². The number of hydrogen-bond donors (Lipinski definition) is 1. The molecule has 2 aromatic carbocycles. The number of rotatable bonds is 3. The highest BCUT2D eigenvalue weighted by Crippen LogP contribution is 2.30. The number of fused-ring (bicyclic) bond motifs is 1. The molecule has 2 aromatic rings. The number of benzene rings is 2. The molecule has 0 aliphatic carbocycles. The van der Waals surface area contributed by atoms with Gasteiger partial charge in [-0.05, 0) is 66.3 Å². The van der Waals surface area contributed by atoms with Gasteiger partial charge in [0.25, 0.3) is 0 Å². The first-order valence-corrected chi connectivity index (χ1v) is 8.37. The topological polar surface area (TPSA) is 46.5 Å². The molecule has 3 nitrogen and oxygen atoms in total. The minimum atomic E-state index is -0.577. The zero-order valence-corrected chi connectivity index (χ0v) is 14.2. The summed E-state index contributed by atoms with van der Waals surface area (Å²) < 4.78 is 5.35. The Balaban J connectivity index is 1.88. The summed E-state index contributed by atoms with van der Waals surface area (Å²) in [4.78, 5) is 11.5. The molecule has 0 unspecified atom stereocenters. The van der Waals surface area contributed by atoms with Gasteiger partial charge in [0.15, 0.2) is 0 Å². The molecule has 3 rings (SSSR count). The Hall–Kier alpha value is -1.58. The fourth-order valence-corrected chi connectivity index (χ4v) is 3.66. The normalized spacial score (nSPS) is 21.5. The van der Waals surface area contributed by atoms with E-state index in [1.54, 1.807) is 0 Å². The van der Waals surface area contributed by atoms with Gasteiger partial charge in [0.2, 0.25) is 0 Å². The van der Waals surface area contributed by atoms with Crippen molar-refractivity contribution in [1.29, 1.82) is 0 Å². The third-order valence-electron chi connectivity index (χ3n) is 4.59. The van der Waals surface area contributed by atoms with Crippen molar-refractivity contribution in [2.24, 2.45) is 0 Å². The first-order valence-electron chi connectivity index (χ1n) is 8.00. The van der Waals surface area contributed by atoms with Crippen LogP contribution in [0.1, 0.15) is 36.0 Å². The van der Waals surface area contributed by atoms with E-state index in [0.717, 1.165) is 16.8 Å². The maximum absolute atomic E-state index is 11.5. The Labute approximate surface area is 141 Å². The second-order valence-electron chi connectivity index (χ2n) is 6.42. The Morgan fingerprint density at radius 1 is 1.22 bits per heavy atom. The lowest BCUT2D eigenvalue weighted by Crippen LogP contribution is -2.32. The Bertz CT molecular complexity index is 754. The summed E-state index contributed by atoms with van der Waals surface area (Å²) in [6.07, 6.45) is 1.36. The highest BCUT2D eigenvalue weighted by atomic mass is 35.5. The number of ether oxygens (including phenoxy) is 1. The van der Waals surface area contributed by atoms with Gasteiger partial charge >= 0.3 is 5.97 Å². The smallest absolute Gasteiger partial charge is 0.308 e. The molecule has 0 bridgehead atoms. The van der Waals surface area contributed by atoms with Crippen molar-refractivity contribution in [2.45, 2.75) is 51.7 Å². The molecule has 1 heterocycles. The quantitative estimate of drug-likeness (QED) is 0.860. The van der Waals surface area contributed by atoms with E-state index in [-0.39, 0.29) is 18.5 Å². The van der Waals surface area contributed by atoms with Crippen LogP contribution < -0.4 is 0 Å². The molecule has 1 saturated heterocycles. The molecule has 1 aliphatic rings. The summed E-state index contributed by atoms with van der Waals surface area (Å²) in [6.45, 7) is 4.21. The van der Waals surface area contributed by atoms with E-state index in [4.69, 9.17) is 16.3 Å². The van der Waals surface area contributed by atoms with Gasteiger partial charge < -0.3 is 9.84 Å². The minimum absolute atomic E-state index is 0.110. The number of carbonyl (C=O) groups excluding carboxylic acids is 1. The highest BCUT2D eigenvalue weighted by Gasteiger charge is 2.27. The zero-order valence-electron chi connectivity index (χ0n) is 13.4. The largest absolute Gasteiger partial charge is 0.462 e. The predicted octanol–water partition coefficient (Wildman–Crippen LogP) is 4.11. The standard InChI is InChI=1S/C19H21ClO3/c1-11-7-12(2)17(18-8-13(20)3-5-16(11)18)6-4-15-9-14(21)10-19(22)23-15/h3,5,7-8,14-15,21H,4,6,9-10H2,1-2H3/t14-,15-/m1/s1. The Morgan fingerprint density at radius 2 is 2.00 bits per heavy atom. The Morgan fingerprint density at radius 3 is 2.74 bits per heavy atom. The van der Waals surface area contributed by atoms with Crippen LogP contribution in [-0.2, 0) is 16.0 Å². The molecule has 0 radical (unpaired) electrons. The van der Waals surface area contributed by atoms with Crippen LogP contribution in [0.3, 0.4) is 0 Å². The van der Waals surface area contributed by atoms with Crippen molar-refractivity contribution in [3.05, 3.63) is 46.0 Å². The summed E-state index contributed by atoms with van der Waals surface area (Å²) in [5.74, 6) is -0.303. The third kappa shape index (κ3) is 3.51. The van der Waals surface area contributed by atoms with Gasteiger partial charge in [-0.15, -0.1) is 0 Å². The molecule has 4 heteroatoms. The number of aliphatic hydroxyl groups excluding tert-OH is 1. The summed E-state index contributed by atoms with van der Waals surface area (Å²) in [5, 5.41) is 12.8. The molecule has 0 aromatic heterocycles. The number of halogens is 1. The first-order chi connectivity index (χ1) is 10.9. The summed E-state index contributed by atoms with van der Waals surface area (Å²) >= 11 is 6.18. The van der Waals surface area contributed by atoms with Crippen LogP contribution in [0.25, 0.3) is 10.8 Å². The third-order valence-corrected chi connectivity index (χ3v) is 4.83. The fourth-order valence-electron chi connectivity index (χ4n) is 3.49. The monoisotopic (exact) mass is 332 g/mol. The average Bonchev–Trinajstić information content (AvgIpc) is 2.45. The van der Waals surface area contributed by atoms with Crippen molar-refractivity contribution < 1.29 is 14.6 Å². The SMILES string of the molecule is Cc1cc(C)c2ccc(Cl)cc2c1CC[C@@H]1C[C@@H](O)CC(=O)O1. The Kier molecular flexibility index (Phi) is 4.60. The lowest BCUT2D eigenvalue weighted by Gasteiger charge is -2.26. The average molecular weight is 333 g/mol. The van der Waals surface area contributed by atoms with E-state index in [1.165, 1.54) is 22.1 Å². The maximum atomic E-state index is 11.5. The molecular formula is C19H21ClO3. The number of carbonyl (C=O) groups is 1. The maximum Gasteiger partial charge on any atom is 0.308 e. The summed E-state index contributed by atoms with van der Waals surface area (Å²) in [6, 6.07) is 8.16. The summed E-state index contributed by atoms with van der Waals surface area (Å²) in [5.41, 5.74) is 3.70. The summed E-state index contributed by atoms with van der Waals surface area (Å²) in [7, 11) is 0. The van der Waals surface area contributed by atoms with Crippen LogP contribution in [0.15, 0.2) is 24.3 Å². The van der Waals surface area contributed by atoms with Gasteiger partial charge in [0.05, 0.1) is 12.5 Å². The molecule has 122 valence electrons. The van der Waals surface area contributed by atoms with Crippen LogP contribution in [0, 0.1) is 13.8 Å². The van der Waals surface area contributed by atoms with E-state index in [2.05, 4.69) is 26.0 Å². The number of aryl methyl sites for hydroxylation is 3. The van der Waals surface area contributed by atoms with Crippen molar-refractivity contribution in [2.75, 3.05) is 0 Å². The van der Waals surface area contributed by atoms with E-state index in [0.29, 0.717) is 12.8 Å². The molecule has 0 amide bonds. The van der Waals surface area contributed by atoms with Gasteiger partial charge in [-0.1, -0.05) is 23.7 Å². The van der Waals surface area contributed by atoms with Crippen LogP contribution in [0.2, 0.25) is 5.02 Å². The van der Waals surface area contributed by atoms with Crippen molar-refractivity contribution >= 4 is 28.3 Å². The molecule has 1 N–H and O–H groups in total. The number of esters is 1. The van der Waals surface area contributed by atoms with Gasteiger partial charge in [0.1, 0.15) is 6.10 Å². The van der Waals surface area contributed by atoms with Crippen LogP contribution in [-0.4, -0.2) is 23.3 Å². The molecular weight excluding hydrogens is 312 g/mol. The van der Waals surface area contributed by atoms with Gasteiger partial charge in [-0.2, -0.15) is 0 Å². The molecule has 1 aliphatic heterocycles. The van der Waals surface area contributed by atoms with Crippen molar-refractivity contribution in [3.63, 3.8) is 0 Å². The number of aliphatic hydroxyl groups is 1. The molecule has 0 spiro atoms. The number of hydrogen-bond acceptors (Lipinski definition) is 3. The van der Waals surface area contributed by atoms with Gasteiger partial charge in [-0.3, -0.25) is 4.79 Å². The van der Waals surface area contributed by atoms with E-state index < -0.39 is 6.10 Å². The highest BCUT2D eigenvalue weighted by molar-refractivity contribution is 6.31. The van der Waals surface area contributed by atoms with E-state index in [9.17, 15) is 9.90 Å². The lowest BCUT2D eigenvalue weighted by atomic mass is 9.91. The minimum Gasteiger partial charge on any atom is -0.462 e. The fraction of sp³-hybridized carbons (Fsp3) is 0.421. The van der Waals surface area contributed by atoms with Crippen molar-refractivity contribution in [3.8, 4) is 0 Å². The van der Waals surface area contributed by atoms with Crippen molar-refractivity contribution in [1.82, 2.24) is 0 Å². The first kappa shape index (κ1) is 16.3. The zero-order chi connectivity index (χ0) is 16.6. The van der Waals surface area contributed by atoms with Crippen LogP contribution >= 0.6 is 11.6 Å². The predicted molar refractivity (Wildman–Crippen MR) is 91.9 cm³/mol. The molecule has 1 fully saturated rings. The number of cyclic esters (lactones) is 1. The van der Waals surface area contributed by atoms with E-state index >= 15 is 0 Å². The molecule has 2 atom stereocenters.